The average molecular weight is 366 g/mol. The third kappa shape index (κ3) is 4.67. The molecular formula is C15H15N2O7P. The fourth-order valence-corrected chi connectivity index (χ4v) is 2.95. The first-order valence-corrected chi connectivity index (χ1v) is 8.81. The van der Waals surface area contributed by atoms with Crippen LogP contribution in [0.4, 0.5) is 5.69 Å². The van der Waals surface area contributed by atoms with E-state index in [4.69, 9.17) is 20.9 Å². The Morgan fingerprint density at radius 1 is 1.28 bits per heavy atom. The minimum atomic E-state index is -3.61. The highest BCUT2D eigenvalue weighted by atomic mass is 31.2. The number of hydroxylamine groups is 2. The number of aliphatic hydroxyl groups excluding tert-OH is 1. The number of anilines is 1. The molecule has 10 heteroatoms. The van der Waals surface area contributed by atoms with Gasteiger partial charge in [0.25, 0.3) is 11.8 Å². The summed E-state index contributed by atoms with van der Waals surface area (Å²) in [5.41, 5.74) is 2.38. The van der Waals surface area contributed by atoms with E-state index < -0.39 is 25.3 Å². The van der Waals surface area contributed by atoms with Gasteiger partial charge in [-0.1, -0.05) is 0 Å². The third-order valence-corrected chi connectivity index (χ3v) is 4.55. The molecule has 1 atom stereocenters. The van der Waals surface area contributed by atoms with Crippen molar-refractivity contribution in [1.29, 1.82) is 0 Å². The lowest BCUT2D eigenvalue weighted by molar-refractivity contribution is -0.172. The number of carbonyl (C=O) groups excluding carboxylic acids is 3. The van der Waals surface area contributed by atoms with Gasteiger partial charge in [0.1, 0.15) is 0 Å². The Morgan fingerprint density at radius 3 is 2.40 bits per heavy atom. The topological polar surface area (TPSA) is 122 Å². The highest BCUT2D eigenvalue weighted by molar-refractivity contribution is 7.65. The summed E-state index contributed by atoms with van der Waals surface area (Å²) in [7, 11) is -3.61. The van der Waals surface area contributed by atoms with Crippen LogP contribution in [0.15, 0.2) is 24.3 Å². The largest absolute Gasteiger partial charge is 0.394 e. The second-order valence-electron chi connectivity index (χ2n) is 4.89. The first kappa shape index (κ1) is 18.7. The Kier molecular flexibility index (Phi) is 5.93. The van der Waals surface area contributed by atoms with E-state index in [1.165, 1.54) is 24.3 Å². The number of hydrogen-bond donors (Lipinski definition) is 2. The molecule has 1 heterocycles. The zero-order valence-corrected chi connectivity index (χ0v) is 13.9. The van der Waals surface area contributed by atoms with Crippen LogP contribution in [0.1, 0.15) is 23.2 Å². The number of rotatable bonds is 7. The zero-order valence-electron chi connectivity index (χ0n) is 13.0. The van der Waals surface area contributed by atoms with Gasteiger partial charge < -0.3 is 19.6 Å². The lowest BCUT2D eigenvalue weighted by atomic mass is 10.2. The molecule has 0 bridgehead atoms. The minimum absolute atomic E-state index is 0.00415. The van der Waals surface area contributed by atoms with Gasteiger partial charge in [-0.25, -0.2) is 4.79 Å². The van der Waals surface area contributed by atoms with Gasteiger partial charge in [-0.05, 0) is 24.3 Å². The highest BCUT2D eigenvalue weighted by Crippen LogP contribution is 2.45. The number of hydrogen-bond acceptors (Lipinski definition) is 7. The molecule has 0 radical (unpaired) electrons. The Balaban J connectivity index is 2.03. The summed E-state index contributed by atoms with van der Waals surface area (Å²) in [4.78, 5) is 39.6. The van der Waals surface area contributed by atoms with Crippen molar-refractivity contribution in [2.75, 3.05) is 18.3 Å². The van der Waals surface area contributed by atoms with Crippen molar-refractivity contribution in [3.05, 3.63) is 29.8 Å². The molecule has 1 aliphatic rings. The predicted octanol–water partition coefficient (Wildman–Crippen LogP) is 1.11. The van der Waals surface area contributed by atoms with E-state index in [0.29, 0.717) is 10.8 Å². The molecule has 0 saturated carbocycles. The van der Waals surface area contributed by atoms with Crippen molar-refractivity contribution in [2.45, 2.75) is 12.8 Å². The minimum Gasteiger partial charge on any atom is -0.394 e. The monoisotopic (exact) mass is 366 g/mol. The van der Waals surface area contributed by atoms with Crippen LogP contribution in [0, 0.1) is 12.1 Å². The van der Waals surface area contributed by atoms with Gasteiger partial charge in [0, 0.05) is 24.2 Å². The van der Waals surface area contributed by atoms with Gasteiger partial charge in [0.2, 0.25) is 0 Å². The molecule has 132 valence electrons. The molecule has 1 saturated heterocycles. The van der Waals surface area contributed by atoms with E-state index in [1.54, 1.807) is 0 Å². The number of nitrogens with zero attached hydrogens (tertiary/aromatic N) is 1. The maximum atomic E-state index is 12.2. The van der Waals surface area contributed by atoms with E-state index in [1.807, 2.05) is 5.66 Å². The van der Waals surface area contributed by atoms with Gasteiger partial charge in [-0.3, -0.25) is 14.2 Å². The lowest BCUT2D eigenvalue weighted by Crippen LogP contribution is -2.32. The van der Waals surface area contributed by atoms with Crippen LogP contribution in [-0.2, 0) is 23.5 Å². The van der Waals surface area contributed by atoms with E-state index >= 15 is 0 Å². The molecule has 1 unspecified atom stereocenters. The molecule has 1 fully saturated rings. The van der Waals surface area contributed by atoms with Crippen molar-refractivity contribution < 1.29 is 33.4 Å². The highest BCUT2D eigenvalue weighted by Gasteiger charge is 2.33. The van der Waals surface area contributed by atoms with Crippen molar-refractivity contribution >= 4 is 31.0 Å². The summed E-state index contributed by atoms with van der Waals surface area (Å²) < 4.78 is 17.1. The van der Waals surface area contributed by atoms with E-state index in [-0.39, 0.29) is 31.6 Å². The van der Waals surface area contributed by atoms with Gasteiger partial charge in [-0.15, -0.1) is 11.5 Å². The van der Waals surface area contributed by atoms with Crippen LogP contribution in [0.5, 0.6) is 0 Å². The third-order valence-electron chi connectivity index (χ3n) is 3.11. The maximum Gasteiger partial charge on any atom is 0.367 e. The maximum absolute atomic E-state index is 12.2. The summed E-state index contributed by atoms with van der Waals surface area (Å²) in [5, 5.41) is 11.7. The van der Waals surface area contributed by atoms with Crippen LogP contribution >= 0.6 is 7.52 Å². The smallest absolute Gasteiger partial charge is 0.367 e. The Bertz CT molecular complexity index is 753. The molecule has 0 aromatic heterocycles. The van der Waals surface area contributed by atoms with Crippen LogP contribution in [0.25, 0.3) is 0 Å². The standard InChI is InChI=1S/C15H15N2O7P/c1-2-25(22,23-10-9-18)16-12-5-3-11(4-6-12)15(21)24-17-13(19)7-8-14(17)20/h1,3-6,18H,7-10H2,(H,16,22). The SMILES string of the molecule is C#CP(=O)(Nc1ccc(C(=O)ON2C(=O)CCC2=O)cc1)OCCO. The normalized spacial score (nSPS) is 16.2. The second kappa shape index (κ2) is 7.94. The number of amides is 2. The number of carbonyl (C=O) groups is 3. The van der Waals surface area contributed by atoms with Crippen molar-refractivity contribution in [3.8, 4) is 12.1 Å². The number of benzene rings is 1. The molecule has 1 aromatic carbocycles. The summed E-state index contributed by atoms with van der Waals surface area (Å²) >= 11 is 0. The Hall–Kier alpha value is -2.66. The summed E-state index contributed by atoms with van der Waals surface area (Å²) in [5.74, 6) is -2.04. The Morgan fingerprint density at radius 2 is 1.88 bits per heavy atom. The fraction of sp³-hybridized carbons (Fsp3) is 0.267. The molecule has 2 N–H and O–H groups in total. The van der Waals surface area contributed by atoms with Crippen LogP contribution in [0.2, 0.25) is 0 Å². The molecule has 2 amide bonds. The summed E-state index contributed by atoms with van der Waals surface area (Å²) in [6, 6.07) is 5.47. The molecule has 1 aliphatic heterocycles. The van der Waals surface area contributed by atoms with Crippen LogP contribution in [0.3, 0.4) is 0 Å². The molecular weight excluding hydrogens is 351 g/mol. The zero-order chi connectivity index (χ0) is 18.4. The second-order valence-corrected chi connectivity index (χ2v) is 6.73. The first-order valence-electron chi connectivity index (χ1n) is 7.18. The van der Waals surface area contributed by atoms with Gasteiger partial charge >= 0.3 is 13.5 Å². The molecule has 9 nitrogen and oxygen atoms in total. The van der Waals surface area contributed by atoms with Crippen molar-refractivity contribution in [2.24, 2.45) is 0 Å². The molecule has 25 heavy (non-hydrogen) atoms. The predicted molar refractivity (Wildman–Crippen MR) is 86.0 cm³/mol. The number of aliphatic hydroxyl groups is 1. The quantitative estimate of drug-likeness (QED) is 0.418. The molecule has 0 aliphatic carbocycles. The van der Waals surface area contributed by atoms with Gasteiger partial charge in [0.15, 0.2) is 0 Å². The van der Waals surface area contributed by atoms with Gasteiger partial charge in [-0.2, -0.15) is 0 Å². The summed E-state index contributed by atoms with van der Waals surface area (Å²) in [6.07, 6.45) is 5.17. The Labute approximate surface area is 143 Å². The number of nitrogens with one attached hydrogen (secondary N) is 1. The molecule has 0 spiro atoms. The number of imide groups is 1. The molecule has 1 aromatic rings. The summed E-state index contributed by atoms with van der Waals surface area (Å²) in [6.45, 7) is -0.539. The first-order chi connectivity index (χ1) is 11.9. The van der Waals surface area contributed by atoms with Crippen LogP contribution in [-0.4, -0.2) is 41.2 Å². The fourth-order valence-electron chi connectivity index (χ4n) is 1.92. The molecule has 2 rings (SSSR count). The average Bonchev–Trinajstić information content (AvgIpc) is 2.92. The van der Waals surface area contributed by atoms with Crippen LogP contribution < -0.4 is 5.09 Å². The van der Waals surface area contributed by atoms with E-state index in [9.17, 15) is 18.9 Å². The lowest BCUT2D eigenvalue weighted by Gasteiger charge is -2.15. The van der Waals surface area contributed by atoms with Crippen molar-refractivity contribution in [1.82, 2.24) is 5.06 Å². The van der Waals surface area contributed by atoms with Gasteiger partial charge in [0.05, 0.1) is 18.8 Å². The van der Waals surface area contributed by atoms with Crippen molar-refractivity contribution in [3.63, 3.8) is 0 Å². The van der Waals surface area contributed by atoms with E-state index in [2.05, 4.69) is 5.09 Å². The number of terminal acetylenes is 1. The van der Waals surface area contributed by atoms with E-state index in [0.717, 1.165) is 0 Å².